The van der Waals surface area contributed by atoms with Crippen molar-refractivity contribution in [1.29, 1.82) is 0 Å². The predicted molar refractivity (Wildman–Crippen MR) is 113 cm³/mol. The van der Waals surface area contributed by atoms with Gasteiger partial charge in [-0.15, -0.1) is 11.3 Å². The van der Waals surface area contributed by atoms with E-state index in [2.05, 4.69) is 46.5 Å². The zero-order chi connectivity index (χ0) is 19.1. The van der Waals surface area contributed by atoms with Crippen LogP contribution in [0.25, 0.3) is 0 Å². The molecule has 2 aromatic rings. The molecule has 0 N–H and O–H groups in total. The van der Waals surface area contributed by atoms with Crippen LogP contribution in [0.5, 0.6) is 11.5 Å². The highest BCUT2D eigenvalue weighted by molar-refractivity contribution is 7.09. The fourth-order valence-corrected chi connectivity index (χ4v) is 4.52. The van der Waals surface area contributed by atoms with Crippen LogP contribution in [0.3, 0.4) is 0 Å². The first-order chi connectivity index (χ1) is 13.2. The molecule has 1 aromatic heterocycles. The number of rotatable bonds is 11. The Morgan fingerprint density at radius 3 is 2.26 bits per heavy atom. The van der Waals surface area contributed by atoms with E-state index in [-0.39, 0.29) is 0 Å². The smallest absolute Gasteiger partial charge is 0.161 e. The molecule has 0 saturated carbocycles. The molecule has 2 heterocycles. The topological polar surface area (TPSA) is 24.9 Å². The van der Waals surface area contributed by atoms with Crippen molar-refractivity contribution in [2.45, 2.75) is 38.8 Å². The summed E-state index contributed by atoms with van der Waals surface area (Å²) < 4.78 is 10.9. The second kappa shape index (κ2) is 10.1. The number of unbranched alkanes of at least 4 members (excludes halogenated alkanes) is 1. The Kier molecular flexibility index (Phi) is 7.56. The largest absolute Gasteiger partial charge is 0.493 e. The third kappa shape index (κ3) is 5.71. The molecular formula is C22H32N2O2S. The minimum Gasteiger partial charge on any atom is -0.493 e. The summed E-state index contributed by atoms with van der Waals surface area (Å²) in [6.07, 6.45) is 5.01. The van der Waals surface area contributed by atoms with E-state index in [9.17, 15) is 0 Å². The van der Waals surface area contributed by atoms with E-state index in [1.54, 1.807) is 14.2 Å². The summed E-state index contributed by atoms with van der Waals surface area (Å²) in [5.41, 5.74) is 2.74. The second-order valence-electron chi connectivity index (χ2n) is 7.38. The summed E-state index contributed by atoms with van der Waals surface area (Å²) in [7, 11) is 5.65. The lowest BCUT2D eigenvalue weighted by molar-refractivity contribution is 0.248. The maximum absolute atomic E-state index is 5.43. The molecular weight excluding hydrogens is 356 g/mol. The molecule has 148 valence electrons. The van der Waals surface area contributed by atoms with Crippen molar-refractivity contribution < 1.29 is 9.47 Å². The molecule has 0 unspecified atom stereocenters. The highest BCUT2D eigenvalue weighted by atomic mass is 32.1. The van der Waals surface area contributed by atoms with E-state index in [0.717, 1.165) is 31.1 Å². The van der Waals surface area contributed by atoms with Crippen molar-refractivity contribution in [3.8, 4) is 11.5 Å². The van der Waals surface area contributed by atoms with Crippen molar-refractivity contribution in [2.75, 3.05) is 40.9 Å². The van der Waals surface area contributed by atoms with Gasteiger partial charge in [0.25, 0.3) is 0 Å². The van der Waals surface area contributed by atoms with Crippen LogP contribution in [0.4, 0.5) is 0 Å². The van der Waals surface area contributed by atoms with Crippen molar-refractivity contribution in [3.63, 3.8) is 0 Å². The first-order valence-electron chi connectivity index (χ1n) is 9.86. The summed E-state index contributed by atoms with van der Waals surface area (Å²) in [6, 6.07) is 8.66. The number of fused-ring (bicyclic) bond motifs is 1. The third-order valence-corrected chi connectivity index (χ3v) is 6.24. The zero-order valence-electron chi connectivity index (χ0n) is 16.9. The van der Waals surface area contributed by atoms with Crippen molar-refractivity contribution >= 4 is 11.3 Å². The SMILES string of the molecule is COc1cc2c(cc1OC)CN(CCCN(C)CCCCc1cccs1)C2. The highest BCUT2D eigenvalue weighted by Gasteiger charge is 2.21. The van der Waals surface area contributed by atoms with E-state index < -0.39 is 0 Å². The number of hydrogen-bond acceptors (Lipinski definition) is 5. The normalized spacial score (nSPS) is 13.9. The van der Waals surface area contributed by atoms with E-state index in [0.29, 0.717) is 0 Å². The molecule has 27 heavy (non-hydrogen) atoms. The van der Waals surface area contributed by atoms with Crippen LogP contribution in [-0.2, 0) is 19.5 Å². The van der Waals surface area contributed by atoms with E-state index in [4.69, 9.17) is 9.47 Å². The van der Waals surface area contributed by atoms with Crippen LogP contribution < -0.4 is 9.47 Å². The van der Waals surface area contributed by atoms with E-state index in [1.807, 2.05) is 11.3 Å². The molecule has 0 spiro atoms. The summed E-state index contributed by atoms with van der Waals surface area (Å²) in [6.45, 7) is 5.53. The third-order valence-electron chi connectivity index (χ3n) is 5.30. The summed E-state index contributed by atoms with van der Waals surface area (Å²) >= 11 is 1.87. The molecule has 0 amide bonds. The molecule has 1 aliphatic rings. The van der Waals surface area contributed by atoms with Crippen LogP contribution in [0, 0.1) is 0 Å². The molecule has 0 radical (unpaired) electrons. The molecule has 0 aliphatic carbocycles. The average Bonchev–Trinajstić information content (AvgIpc) is 3.33. The molecule has 1 aromatic carbocycles. The van der Waals surface area contributed by atoms with Gasteiger partial charge in [-0.05, 0) is 80.5 Å². The van der Waals surface area contributed by atoms with Crippen LogP contribution in [0.15, 0.2) is 29.6 Å². The highest BCUT2D eigenvalue weighted by Crippen LogP contribution is 2.34. The van der Waals surface area contributed by atoms with Gasteiger partial charge in [-0.3, -0.25) is 4.90 Å². The number of benzene rings is 1. The van der Waals surface area contributed by atoms with Gasteiger partial charge in [0.2, 0.25) is 0 Å². The lowest BCUT2D eigenvalue weighted by Gasteiger charge is -2.19. The second-order valence-corrected chi connectivity index (χ2v) is 8.41. The van der Waals surface area contributed by atoms with Crippen LogP contribution in [0.2, 0.25) is 0 Å². The monoisotopic (exact) mass is 388 g/mol. The molecule has 3 rings (SSSR count). The fourth-order valence-electron chi connectivity index (χ4n) is 3.77. The Labute approximate surface area is 167 Å². The van der Waals surface area contributed by atoms with Gasteiger partial charge in [-0.25, -0.2) is 0 Å². The number of nitrogens with zero attached hydrogens (tertiary/aromatic N) is 2. The Hall–Kier alpha value is -1.56. The van der Waals surface area contributed by atoms with Gasteiger partial charge >= 0.3 is 0 Å². The lowest BCUT2D eigenvalue weighted by Crippen LogP contribution is -2.25. The number of aryl methyl sites for hydroxylation is 1. The van der Waals surface area contributed by atoms with Crippen LogP contribution >= 0.6 is 11.3 Å². The Morgan fingerprint density at radius 1 is 1.00 bits per heavy atom. The number of hydrogen-bond donors (Lipinski definition) is 0. The van der Waals surface area contributed by atoms with Gasteiger partial charge in [0.1, 0.15) is 0 Å². The first kappa shape index (κ1) is 20.2. The van der Waals surface area contributed by atoms with Gasteiger partial charge in [0.15, 0.2) is 11.5 Å². The maximum Gasteiger partial charge on any atom is 0.161 e. The van der Waals surface area contributed by atoms with Crippen molar-refractivity contribution in [3.05, 3.63) is 45.6 Å². The van der Waals surface area contributed by atoms with Gasteiger partial charge in [-0.2, -0.15) is 0 Å². The number of thiophene rings is 1. The fraction of sp³-hybridized carbons (Fsp3) is 0.545. The lowest BCUT2D eigenvalue weighted by atomic mass is 10.1. The molecule has 0 bridgehead atoms. The van der Waals surface area contributed by atoms with Gasteiger partial charge < -0.3 is 14.4 Å². The Bertz CT molecular complexity index is 670. The minimum absolute atomic E-state index is 0.834. The van der Waals surface area contributed by atoms with Crippen LogP contribution in [-0.4, -0.2) is 50.7 Å². The van der Waals surface area contributed by atoms with E-state index in [1.165, 1.54) is 54.8 Å². The average molecular weight is 389 g/mol. The predicted octanol–water partition coefficient (Wildman–Crippen LogP) is 4.43. The molecule has 4 nitrogen and oxygen atoms in total. The Balaban J connectivity index is 1.33. The van der Waals surface area contributed by atoms with Gasteiger partial charge in [0.05, 0.1) is 14.2 Å². The maximum atomic E-state index is 5.43. The van der Waals surface area contributed by atoms with Crippen molar-refractivity contribution in [1.82, 2.24) is 9.80 Å². The number of methoxy groups -OCH3 is 2. The summed E-state index contributed by atoms with van der Waals surface area (Å²) in [5, 5.41) is 2.17. The minimum atomic E-state index is 0.834. The van der Waals surface area contributed by atoms with Crippen molar-refractivity contribution in [2.24, 2.45) is 0 Å². The van der Waals surface area contributed by atoms with Gasteiger partial charge in [-0.1, -0.05) is 6.07 Å². The standard InChI is InChI=1S/C22H32N2O2S/c1-23(10-5-4-8-20-9-6-13-27-20)11-7-12-24-16-18-14-21(25-2)22(26-3)15-19(18)17-24/h6,9,13-15H,4-5,7-8,10-12,16-17H2,1-3H3. The summed E-state index contributed by atoms with van der Waals surface area (Å²) in [4.78, 5) is 6.51. The summed E-state index contributed by atoms with van der Waals surface area (Å²) in [5.74, 6) is 1.67. The zero-order valence-corrected chi connectivity index (χ0v) is 17.7. The molecule has 5 heteroatoms. The quantitative estimate of drug-likeness (QED) is 0.532. The molecule has 1 aliphatic heterocycles. The first-order valence-corrected chi connectivity index (χ1v) is 10.7. The van der Waals surface area contributed by atoms with E-state index >= 15 is 0 Å². The Morgan fingerprint density at radius 2 is 1.67 bits per heavy atom. The number of ether oxygens (including phenoxy) is 2. The van der Waals surface area contributed by atoms with Crippen LogP contribution in [0.1, 0.15) is 35.3 Å². The molecule has 0 atom stereocenters. The molecule has 0 saturated heterocycles. The van der Waals surface area contributed by atoms with Gasteiger partial charge in [0, 0.05) is 24.5 Å². The molecule has 0 fully saturated rings.